The Kier molecular flexibility index (Phi) is 6.01. The van der Waals surface area contributed by atoms with E-state index < -0.39 is 0 Å². The monoisotopic (exact) mass is 221 g/mol. The summed E-state index contributed by atoms with van der Waals surface area (Å²) >= 11 is 0. The maximum atomic E-state index is 4.53. The number of hydrogen-bond donors (Lipinski definition) is 1. The molecule has 3 nitrogen and oxygen atoms in total. The number of nitrogens with zero attached hydrogens (tertiary/aromatic N) is 2. The predicted octanol–water partition coefficient (Wildman–Crippen LogP) is 2.56. The molecule has 3 heteroatoms. The predicted molar refractivity (Wildman–Crippen MR) is 67.2 cm³/mol. The summed E-state index contributed by atoms with van der Waals surface area (Å²) in [5, 5.41) is 3.39. The van der Waals surface area contributed by atoms with Crippen LogP contribution in [0.25, 0.3) is 0 Å². The van der Waals surface area contributed by atoms with Gasteiger partial charge in [-0.1, -0.05) is 27.2 Å². The van der Waals surface area contributed by atoms with Crippen molar-refractivity contribution in [1.29, 1.82) is 0 Å². The molecule has 1 heterocycles. The summed E-state index contributed by atoms with van der Waals surface area (Å²) in [6.45, 7) is 8.49. The molecular formula is C13H23N3. The van der Waals surface area contributed by atoms with Gasteiger partial charge in [-0.3, -0.25) is 0 Å². The van der Waals surface area contributed by atoms with E-state index in [1.165, 1.54) is 12.8 Å². The summed E-state index contributed by atoms with van der Waals surface area (Å²) in [7, 11) is 0. The first-order valence-corrected chi connectivity index (χ1v) is 6.24. The molecule has 0 saturated carbocycles. The number of hydrogen-bond acceptors (Lipinski definition) is 3. The molecule has 0 spiro atoms. The maximum Gasteiger partial charge on any atom is 0.128 e. The molecule has 1 aromatic rings. The molecule has 1 rings (SSSR count). The highest BCUT2D eigenvalue weighted by Crippen LogP contribution is 2.01. The van der Waals surface area contributed by atoms with E-state index in [4.69, 9.17) is 0 Å². The summed E-state index contributed by atoms with van der Waals surface area (Å²) in [5.41, 5.74) is 1.10. The molecule has 0 bridgehead atoms. The van der Waals surface area contributed by atoms with Crippen molar-refractivity contribution in [3.63, 3.8) is 0 Å². The summed E-state index contributed by atoms with van der Waals surface area (Å²) in [6.07, 6.45) is 5.22. The van der Waals surface area contributed by atoms with Gasteiger partial charge in [-0.15, -0.1) is 0 Å². The first-order valence-electron chi connectivity index (χ1n) is 6.24. The second-order valence-corrected chi connectivity index (χ2v) is 4.59. The highest BCUT2D eigenvalue weighted by Gasteiger charge is 1.99. The SMILES string of the molecule is CCCCc1nccc(CNCC(C)C)n1. The van der Waals surface area contributed by atoms with Crippen LogP contribution in [0.2, 0.25) is 0 Å². The van der Waals surface area contributed by atoms with Gasteiger partial charge < -0.3 is 5.32 Å². The standard InChI is InChI=1S/C13H23N3/c1-4-5-6-13-15-8-7-12(16-13)10-14-9-11(2)3/h7-8,11,14H,4-6,9-10H2,1-3H3. The van der Waals surface area contributed by atoms with Gasteiger partial charge in [-0.05, 0) is 24.9 Å². The minimum atomic E-state index is 0.682. The first-order chi connectivity index (χ1) is 7.72. The molecule has 0 unspecified atom stereocenters. The second-order valence-electron chi connectivity index (χ2n) is 4.59. The lowest BCUT2D eigenvalue weighted by Crippen LogP contribution is -2.20. The minimum Gasteiger partial charge on any atom is -0.311 e. The van der Waals surface area contributed by atoms with Crippen molar-refractivity contribution in [3.05, 3.63) is 23.8 Å². The van der Waals surface area contributed by atoms with Crippen LogP contribution >= 0.6 is 0 Å². The average Bonchev–Trinajstić information content (AvgIpc) is 2.26. The number of aryl methyl sites for hydroxylation is 1. The minimum absolute atomic E-state index is 0.682. The maximum absolute atomic E-state index is 4.53. The molecule has 0 amide bonds. The third-order valence-electron chi connectivity index (χ3n) is 2.38. The fraction of sp³-hybridized carbons (Fsp3) is 0.692. The summed E-state index contributed by atoms with van der Waals surface area (Å²) in [5.74, 6) is 1.66. The van der Waals surface area contributed by atoms with Gasteiger partial charge in [0.15, 0.2) is 0 Å². The number of unbranched alkanes of at least 4 members (excludes halogenated alkanes) is 1. The summed E-state index contributed by atoms with van der Waals surface area (Å²) in [6, 6.07) is 1.99. The fourth-order valence-corrected chi connectivity index (χ4v) is 1.48. The zero-order chi connectivity index (χ0) is 11.8. The lowest BCUT2D eigenvalue weighted by atomic mass is 10.2. The molecule has 0 atom stereocenters. The van der Waals surface area contributed by atoms with Gasteiger partial charge in [0.1, 0.15) is 5.82 Å². The molecule has 90 valence electrons. The van der Waals surface area contributed by atoms with Gasteiger partial charge in [-0.2, -0.15) is 0 Å². The van der Waals surface area contributed by atoms with Crippen LogP contribution in [0, 0.1) is 5.92 Å². The van der Waals surface area contributed by atoms with E-state index >= 15 is 0 Å². The van der Waals surface area contributed by atoms with E-state index in [-0.39, 0.29) is 0 Å². The number of rotatable bonds is 7. The highest BCUT2D eigenvalue weighted by atomic mass is 14.9. The topological polar surface area (TPSA) is 37.8 Å². The smallest absolute Gasteiger partial charge is 0.128 e. The van der Waals surface area contributed by atoms with E-state index in [2.05, 4.69) is 36.1 Å². The van der Waals surface area contributed by atoms with Gasteiger partial charge in [0.05, 0.1) is 5.69 Å². The van der Waals surface area contributed by atoms with Crippen molar-refractivity contribution in [2.75, 3.05) is 6.54 Å². The van der Waals surface area contributed by atoms with Gasteiger partial charge in [0.25, 0.3) is 0 Å². The molecule has 1 N–H and O–H groups in total. The van der Waals surface area contributed by atoms with E-state index in [9.17, 15) is 0 Å². The summed E-state index contributed by atoms with van der Waals surface area (Å²) in [4.78, 5) is 8.81. The Morgan fingerprint density at radius 3 is 2.88 bits per heavy atom. The van der Waals surface area contributed by atoms with Crippen LogP contribution in [0.3, 0.4) is 0 Å². The van der Waals surface area contributed by atoms with Crippen molar-refractivity contribution in [2.24, 2.45) is 5.92 Å². The van der Waals surface area contributed by atoms with Crippen molar-refractivity contribution in [2.45, 2.75) is 46.6 Å². The molecule has 1 aromatic heterocycles. The zero-order valence-electron chi connectivity index (χ0n) is 10.7. The van der Waals surface area contributed by atoms with E-state index in [1.807, 2.05) is 12.3 Å². The van der Waals surface area contributed by atoms with Crippen LogP contribution in [0.1, 0.15) is 45.1 Å². The van der Waals surface area contributed by atoms with Gasteiger partial charge in [0.2, 0.25) is 0 Å². The largest absolute Gasteiger partial charge is 0.311 e. The third kappa shape index (κ3) is 5.21. The molecule has 16 heavy (non-hydrogen) atoms. The fourth-order valence-electron chi connectivity index (χ4n) is 1.48. The van der Waals surface area contributed by atoms with Crippen LogP contribution in [-0.2, 0) is 13.0 Å². The van der Waals surface area contributed by atoms with E-state index in [0.29, 0.717) is 5.92 Å². The Morgan fingerprint density at radius 1 is 1.38 bits per heavy atom. The average molecular weight is 221 g/mol. The Bertz CT molecular complexity index is 297. The van der Waals surface area contributed by atoms with Crippen LogP contribution in [0.15, 0.2) is 12.3 Å². The molecule has 0 saturated heterocycles. The van der Waals surface area contributed by atoms with Crippen molar-refractivity contribution in [1.82, 2.24) is 15.3 Å². The molecule has 0 aromatic carbocycles. The molecule has 0 aliphatic heterocycles. The zero-order valence-corrected chi connectivity index (χ0v) is 10.7. The molecule has 0 aliphatic carbocycles. The van der Waals surface area contributed by atoms with Crippen LogP contribution < -0.4 is 5.32 Å². The molecule has 0 fully saturated rings. The first kappa shape index (κ1) is 13.1. The summed E-state index contributed by atoms with van der Waals surface area (Å²) < 4.78 is 0. The van der Waals surface area contributed by atoms with Crippen LogP contribution in [-0.4, -0.2) is 16.5 Å². The third-order valence-corrected chi connectivity index (χ3v) is 2.38. The normalized spacial score (nSPS) is 11.0. The van der Waals surface area contributed by atoms with Crippen molar-refractivity contribution >= 4 is 0 Å². The van der Waals surface area contributed by atoms with Crippen molar-refractivity contribution in [3.8, 4) is 0 Å². The van der Waals surface area contributed by atoms with Gasteiger partial charge in [0, 0.05) is 19.2 Å². The highest BCUT2D eigenvalue weighted by molar-refractivity contribution is 5.02. The van der Waals surface area contributed by atoms with E-state index in [0.717, 1.165) is 31.0 Å². The van der Waals surface area contributed by atoms with Crippen LogP contribution in [0.5, 0.6) is 0 Å². The Morgan fingerprint density at radius 2 is 2.19 bits per heavy atom. The van der Waals surface area contributed by atoms with Crippen LogP contribution in [0.4, 0.5) is 0 Å². The molecular weight excluding hydrogens is 198 g/mol. The Labute approximate surface area is 98.7 Å². The second kappa shape index (κ2) is 7.34. The van der Waals surface area contributed by atoms with Gasteiger partial charge >= 0.3 is 0 Å². The Balaban J connectivity index is 2.40. The molecule has 0 aliphatic rings. The lowest BCUT2D eigenvalue weighted by molar-refractivity contribution is 0.546. The molecule has 0 radical (unpaired) electrons. The lowest BCUT2D eigenvalue weighted by Gasteiger charge is -2.07. The van der Waals surface area contributed by atoms with Crippen molar-refractivity contribution < 1.29 is 0 Å². The van der Waals surface area contributed by atoms with E-state index in [1.54, 1.807) is 0 Å². The quantitative estimate of drug-likeness (QED) is 0.769. The van der Waals surface area contributed by atoms with Gasteiger partial charge in [-0.25, -0.2) is 9.97 Å². The number of aromatic nitrogens is 2. The number of nitrogens with one attached hydrogen (secondary N) is 1. The Hall–Kier alpha value is -0.960.